The maximum Gasteiger partial charge on any atom is 0.307 e. The summed E-state index contributed by atoms with van der Waals surface area (Å²) >= 11 is 5.84. The molecule has 2 rings (SSSR count). The molecule has 0 aliphatic heterocycles. The van der Waals surface area contributed by atoms with Gasteiger partial charge in [0.25, 0.3) is 0 Å². The lowest BCUT2D eigenvalue weighted by Gasteiger charge is -2.22. The zero-order valence-electron chi connectivity index (χ0n) is 8.35. The molecule has 0 fully saturated rings. The van der Waals surface area contributed by atoms with E-state index in [9.17, 15) is 4.79 Å². The predicted molar refractivity (Wildman–Crippen MR) is 59.2 cm³/mol. The van der Waals surface area contributed by atoms with Gasteiger partial charge < -0.3 is 10.3 Å². The normalized spacial score (nSPS) is 21.8. The minimum Gasteiger partial charge on any atom is -0.481 e. The molecule has 1 aliphatic rings. The Labute approximate surface area is 97.2 Å². The first-order chi connectivity index (χ1) is 7.61. The van der Waals surface area contributed by atoms with Crippen LogP contribution in [0.5, 0.6) is 0 Å². The van der Waals surface area contributed by atoms with E-state index in [-0.39, 0.29) is 6.42 Å². The molecule has 0 saturated heterocycles. The predicted octanol–water partition coefficient (Wildman–Crippen LogP) is 2.17. The fraction of sp³-hybridized carbons (Fsp3) is 0.273. The summed E-state index contributed by atoms with van der Waals surface area (Å²) in [5.41, 5.74) is 1.99. The smallest absolute Gasteiger partial charge is 0.307 e. The van der Waals surface area contributed by atoms with E-state index in [1.807, 2.05) is 0 Å². The summed E-state index contributed by atoms with van der Waals surface area (Å²) < 4.78 is 0. The highest BCUT2D eigenvalue weighted by molar-refractivity contribution is 6.31. The topological polar surface area (TPSA) is 69.9 Å². The molecule has 4 nitrogen and oxygen atoms in total. The maximum absolute atomic E-state index is 10.9. The lowest BCUT2D eigenvalue weighted by Crippen LogP contribution is -2.26. The molecule has 0 aromatic heterocycles. The first-order valence-corrected chi connectivity index (χ1v) is 5.22. The summed E-state index contributed by atoms with van der Waals surface area (Å²) in [6.07, 6.45) is 0.681. The maximum atomic E-state index is 10.9. The van der Waals surface area contributed by atoms with Crippen LogP contribution in [0.1, 0.15) is 17.5 Å². The zero-order valence-corrected chi connectivity index (χ0v) is 9.11. The number of hydrogen-bond donors (Lipinski definition) is 2. The number of rotatable bonds is 1. The highest BCUT2D eigenvalue weighted by atomic mass is 35.5. The summed E-state index contributed by atoms with van der Waals surface area (Å²) in [5.74, 6) is -1.40. The number of carboxylic acids is 1. The Hall–Kier alpha value is -1.55. The summed E-state index contributed by atoms with van der Waals surface area (Å²) in [6.45, 7) is 0. The largest absolute Gasteiger partial charge is 0.481 e. The molecule has 0 radical (unpaired) electrons. The van der Waals surface area contributed by atoms with Gasteiger partial charge in [0.15, 0.2) is 0 Å². The van der Waals surface area contributed by atoms with E-state index in [0.717, 1.165) is 11.1 Å². The fourth-order valence-corrected chi connectivity index (χ4v) is 2.12. The molecule has 1 unspecified atom stereocenters. The Morgan fingerprint density at radius 1 is 1.44 bits per heavy atom. The van der Waals surface area contributed by atoms with Gasteiger partial charge in [0.1, 0.15) is 0 Å². The van der Waals surface area contributed by atoms with E-state index in [2.05, 4.69) is 5.16 Å². The Balaban J connectivity index is 2.46. The minimum atomic E-state index is -0.873. The SMILES string of the molecule is O=C(O)C1C/C(=N/O)c2cc(Cl)ccc2C1. The van der Waals surface area contributed by atoms with Crippen molar-refractivity contribution in [1.82, 2.24) is 0 Å². The van der Waals surface area contributed by atoms with E-state index in [0.29, 0.717) is 17.2 Å². The molecule has 1 aromatic carbocycles. The number of aliphatic carboxylic acids is 1. The van der Waals surface area contributed by atoms with Crippen LogP contribution in [0.25, 0.3) is 0 Å². The molecule has 1 aliphatic carbocycles. The van der Waals surface area contributed by atoms with E-state index in [4.69, 9.17) is 21.9 Å². The van der Waals surface area contributed by atoms with Crippen LogP contribution in [0.15, 0.2) is 23.4 Å². The van der Waals surface area contributed by atoms with Crippen molar-refractivity contribution < 1.29 is 15.1 Å². The van der Waals surface area contributed by atoms with Crippen molar-refractivity contribution in [3.8, 4) is 0 Å². The number of fused-ring (bicyclic) bond motifs is 1. The number of carboxylic acid groups (broad SMARTS) is 1. The van der Waals surface area contributed by atoms with Crippen LogP contribution < -0.4 is 0 Å². The first kappa shape index (κ1) is 11.0. The minimum absolute atomic E-state index is 0.235. The van der Waals surface area contributed by atoms with E-state index >= 15 is 0 Å². The van der Waals surface area contributed by atoms with E-state index < -0.39 is 11.9 Å². The third kappa shape index (κ3) is 1.88. The Kier molecular flexibility index (Phi) is 2.83. The van der Waals surface area contributed by atoms with Crippen LogP contribution in [-0.2, 0) is 11.2 Å². The summed E-state index contributed by atoms with van der Waals surface area (Å²) in [4.78, 5) is 10.9. The molecule has 84 valence electrons. The fourth-order valence-electron chi connectivity index (χ4n) is 1.95. The Morgan fingerprint density at radius 2 is 2.19 bits per heavy atom. The number of carbonyl (C=O) groups is 1. The number of benzene rings is 1. The van der Waals surface area contributed by atoms with Gasteiger partial charge in [-0.15, -0.1) is 0 Å². The van der Waals surface area contributed by atoms with Crippen molar-refractivity contribution in [1.29, 1.82) is 0 Å². The molecule has 1 atom stereocenters. The van der Waals surface area contributed by atoms with Crippen LogP contribution in [0, 0.1) is 5.92 Å². The van der Waals surface area contributed by atoms with Crippen LogP contribution >= 0.6 is 11.6 Å². The zero-order chi connectivity index (χ0) is 11.7. The van der Waals surface area contributed by atoms with Crippen molar-refractivity contribution in [2.75, 3.05) is 0 Å². The van der Waals surface area contributed by atoms with Gasteiger partial charge in [0, 0.05) is 17.0 Å². The lowest BCUT2D eigenvalue weighted by atomic mass is 9.82. The molecule has 5 heteroatoms. The van der Waals surface area contributed by atoms with Crippen molar-refractivity contribution >= 4 is 23.3 Å². The van der Waals surface area contributed by atoms with Gasteiger partial charge in [0.05, 0.1) is 11.6 Å². The van der Waals surface area contributed by atoms with Gasteiger partial charge in [-0.05, 0) is 24.1 Å². The molecule has 0 heterocycles. The van der Waals surface area contributed by atoms with Crippen molar-refractivity contribution in [2.45, 2.75) is 12.8 Å². The second-order valence-electron chi connectivity index (χ2n) is 3.79. The number of oxime groups is 1. The second-order valence-corrected chi connectivity index (χ2v) is 4.23. The molecule has 2 N–H and O–H groups in total. The van der Waals surface area contributed by atoms with Crippen molar-refractivity contribution in [3.05, 3.63) is 34.3 Å². The number of halogens is 1. The van der Waals surface area contributed by atoms with E-state index in [1.54, 1.807) is 18.2 Å². The summed E-state index contributed by atoms with van der Waals surface area (Å²) in [5, 5.41) is 21.6. The quantitative estimate of drug-likeness (QED) is 0.583. The third-order valence-corrected chi connectivity index (χ3v) is 2.99. The van der Waals surface area contributed by atoms with Crippen molar-refractivity contribution in [2.24, 2.45) is 11.1 Å². The van der Waals surface area contributed by atoms with Gasteiger partial charge in [0.2, 0.25) is 0 Å². The van der Waals surface area contributed by atoms with Gasteiger partial charge >= 0.3 is 5.97 Å². The Bertz CT molecular complexity index is 470. The molecule has 0 bridgehead atoms. The molecule has 0 amide bonds. The monoisotopic (exact) mass is 239 g/mol. The summed E-state index contributed by atoms with van der Waals surface area (Å²) in [7, 11) is 0. The van der Waals surface area contributed by atoms with Crippen molar-refractivity contribution in [3.63, 3.8) is 0 Å². The van der Waals surface area contributed by atoms with Gasteiger partial charge in [-0.25, -0.2) is 0 Å². The van der Waals surface area contributed by atoms with Crippen LogP contribution in [0.2, 0.25) is 5.02 Å². The second kappa shape index (κ2) is 4.14. The van der Waals surface area contributed by atoms with Gasteiger partial charge in [-0.1, -0.05) is 22.8 Å². The lowest BCUT2D eigenvalue weighted by molar-refractivity contribution is -0.141. The molecule has 0 saturated carbocycles. The Morgan fingerprint density at radius 3 is 2.81 bits per heavy atom. The van der Waals surface area contributed by atoms with Gasteiger partial charge in [-0.3, -0.25) is 4.79 Å². The van der Waals surface area contributed by atoms with Crippen LogP contribution in [0.3, 0.4) is 0 Å². The number of nitrogens with zero attached hydrogens (tertiary/aromatic N) is 1. The van der Waals surface area contributed by atoms with Crippen LogP contribution in [0.4, 0.5) is 0 Å². The van der Waals surface area contributed by atoms with Gasteiger partial charge in [-0.2, -0.15) is 0 Å². The van der Waals surface area contributed by atoms with E-state index in [1.165, 1.54) is 0 Å². The number of hydrogen-bond acceptors (Lipinski definition) is 3. The molecule has 0 spiro atoms. The molecule has 16 heavy (non-hydrogen) atoms. The average Bonchev–Trinajstić information content (AvgIpc) is 2.27. The first-order valence-electron chi connectivity index (χ1n) is 4.84. The highest BCUT2D eigenvalue weighted by Crippen LogP contribution is 2.28. The highest BCUT2D eigenvalue weighted by Gasteiger charge is 2.28. The molecule has 1 aromatic rings. The average molecular weight is 240 g/mol. The standard InChI is InChI=1S/C11H10ClNO3/c12-8-2-1-6-3-7(11(14)15)4-10(13-16)9(6)5-8/h1-2,5,7,16H,3-4H2,(H,14,15)/b13-10-. The van der Waals surface area contributed by atoms with Crippen LogP contribution in [-0.4, -0.2) is 22.0 Å². The molecular formula is C11H10ClNO3. The summed E-state index contributed by atoms with van der Waals surface area (Å²) in [6, 6.07) is 5.18. The molecular weight excluding hydrogens is 230 g/mol. The third-order valence-electron chi connectivity index (χ3n) is 2.76.